The number of likely N-dealkylation sites (tertiary alicyclic amines) is 1. The maximum Gasteiger partial charge on any atom is 0.326 e. The minimum atomic E-state index is -0.0263. The van der Waals surface area contributed by atoms with E-state index in [0.29, 0.717) is 0 Å². The zero-order valence-electron chi connectivity index (χ0n) is 18.5. The Bertz CT molecular complexity index is 1060. The molecule has 2 fully saturated rings. The number of hydrogen-bond donors (Lipinski definition) is 2. The number of halogens is 1. The molecule has 32 heavy (non-hydrogen) atoms. The Labute approximate surface area is 197 Å². The van der Waals surface area contributed by atoms with E-state index in [1.54, 1.807) is 0 Å². The second kappa shape index (κ2) is 10.5. The molecule has 2 aliphatic rings. The summed E-state index contributed by atoms with van der Waals surface area (Å²) in [6.45, 7) is 4.85. The first-order valence-corrected chi connectivity index (χ1v) is 12.2. The van der Waals surface area contributed by atoms with Gasteiger partial charge < -0.3 is 15.2 Å². The van der Waals surface area contributed by atoms with E-state index in [1.807, 2.05) is 59.2 Å². The number of aromatic amines is 1. The molecule has 1 atom stereocenters. The average Bonchev–Trinajstić information content (AvgIpc) is 3.59. The molecule has 1 saturated carbocycles. The van der Waals surface area contributed by atoms with Crippen LogP contribution in [0.25, 0.3) is 11.0 Å². The molecule has 1 saturated heterocycles. The summed E-state index contributed by atoms with van der Waals surface area (Å²) in [5.41, 5.74) is 1.83. The molecule has 1 aliphatic carbocycles. The molecule has 0 spiro atoms. The SMILES string of the molecule is CC(CN1CCC(n2c(=O)[nH]c3cc(Br)ccc32)CC1)NC(=O)C1CC1.c1ccccc1. The fourth-order valence-corrected chi connectivity index (χ4v) is 4.71. The summed E-state index contributed by atoms with van der Waals surface area (Å²) in [6, 6.07) is 18.3. The van der Waals surface area contributed by atoms with Crippen molar-refractivity contribution in [2.45, 2.75) is 44.7 Å². The first-order valence-electron chi connectivity index (χ1n) is 11.4. The van der Waals surface area contributed by atoms with Crippen molar-refractivity contribution in [3.05, 3.63) is 69.6 Å². The summed E-state index contributed by atoms with van der Waals surface area (Å²) < 4.78 is 2.88. The summed E-state index contributed by atoms with van der Waals surface area (Å²) in [5.74, 6) is 0.473. The van der Waals surface area contributed by atoms with Crippen LogP contribution in [0.15, 0.2) is 63.9 Å². The fraction of sp³-hybridized carbons (Fsp3) is 0.440. The van der Waals surface area contributed by atoms with Crippen LogP contribution in [0.5, 0.6) is 0 Å². The lowest BCUT2D eigenvalue weighted by atomic mass is 10.0. The Morgan fingerprint density at radius 2 is 1.72 bits per heavy atom. The van der Waals surface area contributed by atoms with Crippen LogP contribution in [0.3, 0.4) is 0 Å². The van der Waals surface area contributed by atoms with Gasteiger partial charge in [-0.3, -0.25) is 9.36 Å². The number of piperidine rings is 1. The van der Waals surface area contributed by atoms with Gasteiger partial charge in [0.15, 0.2) is 0 Å². The summed E-state index contributed by atoms with van der Waals surface area (Å²) in [5, 5.41) is 3.12. The van der Waals surface area contributed by atoms with E-state index in [9.17, 15) is 9.59 Å². The van der Waals surface area contributed by atoms with Gasteiger partial charge in [-0.1, -0.05) is 52.3 Å². The van der Waals surface area contributed by atoms with E-state index in [2.05, 4.69) is 38.1 Å². The highest BCUT2D eigenvalue weighted by atomic mass is 79.9. The third-order valence-corrected chi connectivity index (χ3v) is 6.63. The highest BCUT2D eigenvalue weighted by Gasteiger charge is 2.31. The molecule has 5 rings (SSSR count). The Morgan fingerprint density at radius 3 is 2.31 bits per heavy atom. The largest absolute Gasteiger partial charge is 0.352 e. The number of H-pyrrole nitrogens is 1. The number of rotatable bonds is 5. The first kappa shape index (κ1) is 22.8. The number of nitrogens with one attached hydrogen (secondary N) is 2. The number of amides is 1. The van der Waals surface area contributed by atoms with E-state index < -0.39 is 0 Å². The number of imidazole rings is 1. The third-order valence-electron chi connectivity index (χ3n) is 6.14. The molecule has 2 N–H and O–H groups in total. The summed E-state index contributed by atoms with van der Waals surface area (Å²) in [6.07, 6.45) is 3.98. The number of nitrogens with zero attached hydrogens (tertiary/aromatic N) is 2. The molecule has 0 bridgehead atoms. The van der Waals surface area contributed by atoms with Gasteiger partial charge in [0.2, 0.25) is 5.91 Å². The quantitative estimate of drug-likeness (QED) is 0.549. The van der Waals surface area contributed by atoms with E-state index >= 15 is 0 Å². The van der Waals surface area contributed by atoms with Crippen LogP contribution in [-0.2, 0) is 4.79 Å². The molecule has 0 radical (unpaired) electrons. The Balaban J connectivity index is 0.000000354. The van der Waals surface area contributed by atoms with Gasteiger partial charge in [-0.15, -0.1) is 0 Å². The minimum absolute atomic E-state index is 0.0263. The van der Waals surface area contributed by atoms with Crippen LogP contribution in [0, 0.1) is 5.92 Å². The van der Waals surface area contributed by atoms with Crippen molar-refractivity contribution >= 4 is 32.9 Å². The van der Waals surface area contributed by atoms with E-state index in [-0.39, 0.29) is 29.6 Å². The molecule has 170 valence electrons. The third kappa shape index (κ3) is 5.90. The number of fused-ring (bicyclic) bond motifs is 1. The predicted molar refractivity (Wildman–Crippen MR) is 132 cm³/mol. The zero-order valence-corrected chi connectivity index (χ0v) is 20.1. The lowest BCUT2D eigenvalue weighted by molar-refractivity contribution is -0.123. The minimum Gasteiger partial charge on any atom is -0.352 e. The monoisotopic (exact) mass is 498 g/mol. The van der Waals surface area contributed by atoms with Crippen molar-refractivity contribution in [1.82, 2.24) is 19.8 Å². The van der Waals surface area contributed by atoms with Gasteiger partial charge in [0, 0.05) is 42.1 Å². The molecule has 2 aromatic carbocycles. The molecule has 1 amide bonds. The van der Waals surface area contributed by atoms with Crippen molar-refractivity contribution < 1.29 is 4.79 Å². The molecular formula is C25H31BrN4O2. The van der Waals surface area contributed by atoms with Crippen LogP contribution in [0.4, 0.5) is 0 Å². The van der Waals surface area contributed by atoms with Gasteiger partial charge in [-0.25, -0.2) is 4.79 Å². The zero-order chi connectivity index (χ0) is 22.5. The summed E-state index contributed by atoms with van der Waals surface area (Å²) >= 11 is 3.45. The molecule has 6 nitrogen and oxygen atoms in total. The molecular weight excluding hydrogens is 468 g/mol. The fourth-order valence-electron chi connectivity index (χ4n) is 4.35. The van der Waals surface area contributed by atoms with Gasteiger partial charge in [0.25, 0.3) is 0 Å². The van der Waals surface area contributed by atoms with Crippen molar-refractivity contribution in [3.8, 4) is 0 Å². The number of hydrogen-bond acceptors (Lipinski definition) is 3. The molecule has 1 aliphatic heterocycles. The first-order chi connectivity index (χ1) is 15.5. The van der Waals surface area contributed by atoms with Gasteiger partial charge in [-0.05, 0) is 50.8 Å². The maximum absolute atomic E-state index is 12.4. The Hall–Kier alpha value is -2.38. The van der Waals surface area contributed by atoms with Crippen LogP contribution in [-0.4, -0.2) is 46.0 Å². The molecule has 2 heterocycles. The highest BCUT2D eigenvalue weighted by Crippen LogP contribution is 2.29. The highest BCUT2D eigenvalue weighted by molar-refractivity contribution is 9.10. The second-order valence-corrected chi connectivity index (χ2v) is 9.75. The molecule has 1 unspecified atom stereocenters. The van der Waals surface area contributed by atoms with Crippen molar-refractivity contribution in [2.24, 2.45) is 5.92 Å². The van der Waals surface area contributed by atoms with Gasteiger partial charge in [0.1, 0.15) is 0 Å². The molecule has 1 aromatic heterocycles. The van der Waals surface area contributed by atoms with E-state index in [4.69, 9.17) is 0 Å². The van der Waals surface area contributed by atoms with E-state index in [1.165, 1.54) is 0 Å². The average molecular weight is 499 g/mol. The van der Waals surface area contributed by atoms with Crippen LogP contribution >= 0.6 is 15.9 Å². The normalized spacial score (nSPS) is 18.1. The standard InChI is InChI=1S/C19H25BrN4O2.C6H6/c1-12(21-18(25)13-2-3-13)11-23-8-6-15(7-9-23)24-17-5-4-14(20)10-16(17)22-19(24)26;1-2-4-6-5-3-1/h4-5,10,12-13,15H,2-3,6-9,11H2,1H3,(H,21,25)(H,22,26);1-6H. The Morgan fingerprint density at radius 1 is 1.09 bits per heavy atom. The van der Waals surface area contributed by atoms with E-state index in [0.717, 1.165) is 60.8 Å². The second-order valence-electron chi connectivity index (χ2n) is 8.83. The number of carbonyl (C=O) groups excluding carboxylic acids is 1. The van der Waals surface area contributed by atoms with Gasteiger partial charge in [-0.2, -0.15) is 0 Å². The number of benzene rings is 2. The molecule has 3 aromatic rings. The lowest BCUT2D eigenvalue weighted by Gasteiger charge is -2.34. The van der Waals surface area contributed by atoms with Gasteiger partial charge in [0.05, 0.1) is 11.0 Å². The topological polar surface area (TPSA) is 70.1 Å². The smallest absolute Gasteiger partial charge is 0.326 e. The number of aromatic nitrogens is 2. The summed E-state index contributed by atoms with van der Waals surface area (Å²) in [4.78, 5) is 29.7. The van der Waals surface area contributed by atoms with Crippen LogP contribution < -0.4 is 11.0 Å². The van der Waals surface area contributed by atoms with Gasteiger partial charge >= 0.3 is 5.69 Å². The van der Waals surface area contributed by atoms with Crippen molar-refractivity contribution in [2.75, 3.05) is 19.6 Å². The van der Waals surface area contributed by atoms with Crippen LogP contribution in [0.2, 0.25) is 0 Å². The number of carbonyl (C=O) groups is 1. The lowest BCUT2D eigenvalue weighted by Crippen LogP contribution is -2.45. The summed E-state index contributed by atoms with van der Waals surface area (Å²) in [7, 11) is 0. The van der Waals surface area contributed by atoms with Crippen molar-refractivity contribution in [1.29, 1.82) is 0 Å². The maximum atomic E-state index is 12.4. The predicted octanol–water partition coefficient (Wildman–Crippen LogP) is 4.33. The molecule has 7 heteroatoms. The van der Waals surface area contributed by atoms with Crippen molar-refractivity contribution in [3.63, 3.8) is 0 Å². The van der Waals surface area contributed by atoms with Crippen LogP contribution in [0.1, 0.15) is 38.6 Å². The Kier molecular flexibility index (Phi) is 7.48.